The number of urea groups is 1. The van der Waals surface area contributed by atoms with Gasteiger partial charge in [-0.1, -0.05) is 13.8 Å². The molecule has 1 rings (SSSR count). The molecular weight excluding hydrogens is 272 g/mol. The second-order valence-electron chi connectivity index (χ2n) is 6.46. The molecule has 0 bridgehead atoms. The van der Waals surface area contributed by atoms with E-state index in [1.54, 1.807) is 7.11 Å². The van der Waals surface area contributed by atoms with Crippen LogP contribution in [0.1, 0.15) is 46.0 Å². The summed E-state index contributed by atoms with van der Waals surface area (Å²) in [5.74, 6) is -0.772. The van der Waals surface area contributed by atoms with Crippen molar-refractivity contribution in [3.05, 3.63) is 0 Å². The van der Waals surface area contributed by atoms with Crippen LogP contribution in [0.15, 0.2) is 0 Å². The molecule has 0 aliphatic heterocycles. The average molecular weight is 300 g/mol. The van der Waals surface area contributed by atoms with Gasteiger partial charge in [0.05, 0.1) is 6.61 Å². The zero-order valence-corrected chi connectivity index (χ0v) is 13.4. The maximum Gasteiger partial charge on any atom is 0.317 e. The summed E-state index contributed by atoms with van der Waals surface area (Å²) >= 11 is 0. The number of nitrogens with zero attached hydrogens (tertiary/aromatic N) is 1. The summed E-state index contributed by atoms with van der Waals surface area (Å²) in [4.78, 5) is 24.6. The number of rotatable bonds is 10. The fourth-order valence-electron chi connectivity index (χ4n) is 2.21. The highest BCUT2D eigenvalue weighted by Crippen LogP contribution is 2.27. The van der Waals surface area contributed by atoms with Gasteiger partial charge in [-0.3, -0.25) is 4.79 Å². The third-order valence-corrected chi connectivity index (χ3v) is 3.88. The molecule has 0 unspecified atom stereocenters. The van der Waals surface area contributed by atoms with Crippen molar-refractivity contribution >= 4 is 12.0 Å². The van der Waals surface area contributed by atoms with E-state index in [-0.39, 0.29) is 17.9 Å². The maximum atomic E-state index is 12.1. The molecule has 0 aromatic carbocycles. The van der Waals surface area contributed by atoms with E-state index in [1.165, 1.54) is 0 Å². The summed E-state index contributed by atoms with van der Waals surface area (Å²) in [6, 6.07) is 0.323. The summed E-state index contributed by atoms with van der Waals surface area (Å²) in [6.45, 7) is 5.81. The van der Waals surface area contributed by atoms with Gasteiger partial charge in [-0.2, -0.15) is 0 Å². The number of nitrogens with one attached hydrogen (secondary N) is 1. The van der Waals surface area contributed by atoms with Crippen molar-refractivity contribution < 1.29 is 19.4 Å². The monoisotopic (exact) mass is 300 g/mol. The molecule has 1 saturated carbocycles. The molecule has 0 heterocycles. The molecule has 0 radical (unpaired) electrons. The third-order valence-electron chi connectivity index (χ3n) is 3.88. The van der Waals surface area contributed by atoms with Gasteiger partial charge in [-0.15, -0.1) is 0 Å². The highest BCUT2D eigenvalue weighted by molar-refractivity contribution is 5.74. The van der Waals surface area contributed by atoms with Crippen molar-refractivity contribution in [3.63, 3.8) is 0 Å². The first-order valence-electron chi connectivity index (χ1n) is 7.61. The number of carbonyl (C=O) groups is 2. The molecule has 2 amide bonds. The van der Waals surface area contributed by atoms with Crippen LogP contribution < -0.4 is 5.32 Å². The van der Waals surface area contributed by atoms with Crippen molar-refractivity contribution in [3.8, 4) is 0 Å². The van der Waals surface area contributed by atoms with Gasteiger partial charge >= 0.3 is 12.0 Å². The topological polar surface area (TPSA) is 78.9 Å². The lowest BCUT2D eigenvalue weighted by molar-refractivity contribution is -0.137. The molecular formula is C15H28N2O4. The van der Waals surface area contributed by atoms with Gasteiger partial charge in [0.2, 0.25) is 0 Å². The van der Waals surface area contributed by atoms with Gasteiger partial charge in [0.25, 0.3) is 0 Å². The third kappa shape index (κ3) is 7.32. The molecule has 1 aliphatic rings. The molecule has 21 heavy (non-hydrogen) atoms. The quantitative estimate of drug-likeness (QED) is 0.647. The number of carboxylic acids is 1. The predicted octanol–water partition coefficient (Wildman–Crippen LogP) is 2.09. The van der Waals surface area contributed by atoms with Crippen molar-refractivity contribution in [1.29, 1.82) is 0 Å². The number of amides is 2. The number of carboxylic acid groups (broad SMARTS) is 1. The number of carbonyl (C=O) groups excluding carboxylic acids is 1. The van der Waals surface area contributed by atoms with E-state index >= 15 is 0 Å². The summed E-state index contributed by atoms with van der Waals surface area (Å²) in [5, 5.41) is 11.7. The summed E-state index contributed by atoms with van der Waals surface area (Å²) in [7, 11) is 1.63. The smallest absolute Gasteiger partial charge is 0.317 e. The van der Waals surface area contributed by atoms with Crippen molar-refractivity contribution in [2.24, 2.45) is 5.41 Å². The van der Waals surface area contributed by atoms with Crippen molar-refractivity contribution in [2.75, 3.05) is 26.8 Å². The number of methoxy groups -OCH3 is 1. The highest BCUT2D eigenvalue weighted by atomic mass is 16.5. The predicted molar refractivity (Wildman–Crippen MR) is 80.3 cm³/mol. The van der Waals surface area contributed by atoms with E-state index in [0.29, 0.717) is 32.2 Å². The average Bonchev–Trinajstić information content (AvgIpc) is 3.21. The standard InChI is InChI=1S/C15H28N2O4/c1-15(2,7-6-13(18)19)8-9-16-14(20)17(10-11-21-3)12-4-5-12/h12H,4-11H2,1-3H3,(H,16,20)(H,18,19). The van der Waals surface area contributed by atoms with E-state index in [9.17, 15) is 9.59 Å². The second kappa shape index (κ2) is 8.22. The molecule has 6 heteroatoms. The van der Waals surface area contributed by atoms with Crippen LogP contribution in [0.4, 0.5) is 4.79 Å². The van der Waals surface area contributed by atoms with Gasteiger partial charge in [0.1, 0.15) is 0 Å². The Labute approximate surface area is 126 Å². The first-order chi connectivity index (χ1) is 9.85. The van der Waals surface area contributed by atoms with Crippen molar-refractivity contribution in [2.45, 2.75) is 52.0 Å². The number of ether oxygens (including phenoxy) is 1. The second-order valence-corrected chi connectivity index (χ2v) is 6.46. The van der Waals surface area contributed by atoms with Gasteiger partial charge in [0.15, 0.2) is 0 Å². The van der Waals surface area contributed by atoms with Crippen LogP contribution in [0.25, 0.3) is 0 Å². The van der Waals surface area contributed by atoms with Crippen LogP contribution in [0.3, 0.4) is 0 Å². The lowest BCUT2D eigenvalue weighted by atomic mass is 9.84. The van der Waals surface area contributed by atoms with E-state index < -0.39 is 5.97 Å². The van der Waals surface area contributed by atoms with E-state index in [2.05, 4.69) is 5.32 Å². The minimum absolute atomic E-state index is 0.0383. The SMILES string of the molecule is COCCN(C(=O)NCCC(C)(C)CCC(=O)O)C1CC1. The number of aliphatic carboxylic acids is 1. The zero-order chi connectivity index (χ0) is 15.9. The summed E-state index contributed by atoms with van der Waals surface area (Å²) in [6.07, 6.45) is 3.70. The molecule has 0 saturated heterocycles. The number of hydrogen-bond acceptors (Lipinski definition) is 3. The van der Waals surface area contributed by atoms with Crippen molar-refractivity contribution in [1.82, 2.24) is 10.2 Å². The van der Waals surface area contributed by atoms with Crippen LogP contribution in [0.5, 0.6) is 0 Å². The lowest BCUT2D eigenvalue weighted by Gasteiger charge is -2.26. The Morgan fingerprint density at radius 3 is 2.52 bits per heavy atom. The molecule has 122 valence electrons. The summed E-state index contributed by atoms with van der Waals surface area (Å²) in [5.41, 5.74) is -0.0807. The Balaban J connectivity index is 2.28. The molecule has 6 nitrogen and oxygen atoms in total. The molecule has 0 atom stereocenters. The normalized spacial score (nSPS) is 14.8. The molecule has 1 fully saturated rings. The maximum absolute atomic E-state index is 12.1. The van der Waals surface area contributed by atoms with Gasteiger partial charge in [-0.05, 0) is 31.1 Å². The van der Waals surface area contributed by atoms with Gasteiger partial charge < -0.3 is 20.1 Å². The van der Waals surface area contributed by atoms with Gasteiger partial charge in [-0.25, -0.2) is 4.79 Å². The minimum atomic E-state index is -0.772. The molecule has 0 aromatic rings. The fourth-order valence-corrected chi connectivity index (χ4v) is 2.21. The van der Waals surface area contributed by atoms with E-state index in [0.717, 1.165) is 19.3 Å². The van der Waals surface area contributed by atoms with E-state index in [1.807, 2.05) is 18.7 Å². The van der Waals surface area contributed by atoms with E-state index in [4.69, 9.17) is 9.84 Å². The van der Waals surface area contributed by atoms with Crippen LogP contribution in [-0.2, 0) is 9.53 Å². The Kier molecular flexibility index (Phi) is 6.95. The molecule has 0 aromatic heterocycles. The van der Waals surface area contributed by atoms with Crippen LogP contribution >= 0.6 is 0 Å². The van der Waals surface area contributed by atoms with Crippen LogP contribution in [0.2, 0.25) is 0 Å². The lowest BCUT2D eigenvalue weighted by Crippen LogP contribution is -2.43. The Bertz CT molecular complexity index is 354. The molecule has 2 N–H and O–H groups in total. The van der Waals surface area contributed by atoms with Gasteiger partial charge in [0, 0.05) is 32.7 Å². The molecule has 1 aliphatic carbocycles. The van der Waals surface area contributed by atoms with Crippen LogP contribution in [0, 0.1) is 5.41 Å². The summed E-state index contributed by atoms with van der Waals surface area (Å²) < 4.78 is 5.04. The molecule has 0 spiro atoms. The Hall–Kier alpha value is -1.30. The highest BCUT2D eigenvalue weighted by Gasteiger charge is 2.32. The fraction of sp³-hybridized carbons (Fsp3) is 0.867. The first-order valence-corrected chi connectivity index (χ1v) is 7.61. The Morgan fingerprint density at radius 1 is 1.33 bits per heavy atom. The van der Waals surface area contributed by atoms with Crippen LogP contribution in [-0.4, -0.2) is 54.9 Å². The first kappa shape index (κ1) is 17.8. The largest absolute Gasteiger partial charge is 0.481 e. The number of hydrogen-bond donors (Lipinski definition) is 2. The Morgan fingerprint density at radius 2 is 2.00 bits per heavy atom. The zero-order valence-electron chi connectivity index (χ0n) is 13.4. The minimum Gasteiger partial charge on any atom is -0.481 e.